The summed E-state index contributed by atoms with van der Waals surface area (Å²) < 4.78 is 12.9. The third-order valence-corrected chi connectivity index (χ3v) is 4.03. The summed E-state index contributed by atoms with van der Waals surface area (Å²) in [7, 11) is 0. The molecule has 7 heteroatoms. The third-order valence-electron chi connectivity index (χ3n) is 4.03. The maximum absolute atomic E-state index is 12.9. The third kappa shape index (κ3) is 7.19. The Kier molecular flexibility index (Phi) is 7.33. The SMILES string of the molecule is CC(C)CNC(=O)CN1CCN(CC(=O)Nc2ccc(F)cc2)CC1. The largest absolute Gasteiger partial charge is 0.355 e. The van der Waals surface area contributed by atoms with Gasteiger partial charge in [-0.25, -0.2) is 4.39 Å². The molecule has 1 heterocycles. The number of carbonyl (C=O) groups excluding carboxylic acids is 2. The molecule has 0 aromatic heterocycles. The molecular formula is C18H27FN4O2. The van der Waals surface area contributed by atoms with Crippen molar-refractivity contribution in [1.82, 2.24) is 15.1 Å². The Balaban J connectivity index is 1.66. The van der Waals surface area contributed by atoms with Crippen molar-refractivity contribution in [3.05, 3.63) is 30.1 Å². The molecule has 1 aromatic rings. The van der Waals surface area contributed by atoms with E-state index in [1.54, 1.807) is 12.1 Å². The highest BCUT2D eigenvalue weighted by molar-refractivity contribution is 5.92. The predicted molar refractivity (Wildman–Crippen MR) is 95.8 cm³/mol. The lowest BCUT2D eigenvalue weighted by molar-refractivity contribution is -0.123. The highest BCUT2D eigenvalue weighted by atomic mass is 19.1. The molecule has 0 unspecified atom stereocenters. The molecular weight excluding hydrogens is 323 g/mol. The second-order valence-corrected chi connectivity index (χ2v) is 6.81. The van der Waals surface area contributed by atoms with Crippen molar-refractivity contribution in [2.75, 3.05) is 51.1 Å². The number of nitrogens with zero attached hydrogens (tertiary/aromatic N) is 2. The summed E-state index contributed by atoms with van der Waals surface area (Å²) in [6, 6.07) is 5.72. The predicted octanol–water partition coefficient (Wildman–Crippen LogP) is 1.15. The molecule has 1 saturated heterocycles. The summed E-state index contributed by atoms with van der Waals surface area (Å²) in [5, 5.41) is 5.68. The van der Waals surface area contributed by atoms with Crippen LogP contribution in [0.5, 0.6) is 0 Å². The van der Waals surface area contributed by atoms with Gasteiger partial charge in [-0.3, -0.25) is 19.4 Å². The number of halogens is 1. The van der Waals surface area contributed by atoms with Crippen LogP contribution in [0, 0.1) is 11.7 Å². The molecule has 0 aliphatic carbocycles. The summed E-state index contributed by atoms with van der Waals surface area (Å²) in [6.45, 7) is 8.54. The zero-order valence-corrected chi connectivity index (χ0v) is 14.9. The van der Waals surface area contributed by atoms with Crippen LogP contribution < -0.4 is 10.6 Å². The smallest absolute Gasteiger partial charge is 0.238 e. The molecule has 0 spiro atoms. The van der Waals surface area contributed by atoms with Crippen molar-refractivity contribution in [1.29, 1.82) is 0 Å². The van der Waals surface area contributed by atoms with E-state index in [-0.39, 0.29) is 17.6 Å². The van der Waals surface area contributed by atoms with Crippen molar-refractivity contribution in [2.24, 2.45) is 5.92 Å². The van der Waals surface area contributed by atoms with Gasteiger partial charge in [-0.15, -0.1) is 0 Å². The lowest BCUT2D eigenvalue weighted by Gasteiger charge is -2.33. The van der Waals surface area contributed by atoms with Gasteiger partial charge in [-0.1, -0.05) is 13.8 Å². The molecule has 0 saturated carbocycles. The van der Waals surface area contributed by atoms with Crippen molar-refractivity contribution in [3.63, 3.8) is 0 Å². The molecule has 25 heavy (non-hydrogen) atoms. The Labute approximate surface area is 148 Å². The fraction of sp³-hybridized carbons (Fsp3) is 0.556. The molecule has 6 nitrogen and oxygen atoms in total. The fourth-order valence-electron chi connectivity index (χ4n) is 2.62. The zero-order chi connectivity index (χ0) is 18.2. The van der Waals surface area contributed by atoms with E-state index >= 15 is 0 Å². The Morgan fingerprint density at radius 3 is 2.04 bits per heavy atom. The molecule has 1 aliphatic heterocycles. The van der Waals surface area contributed by atoms with Gasteiger partial charge >= 0.3 is 0 Å². The summed E-state index contributed by atoms with van der Waals surface area (Å²) in [5.74, 6) is 0.0536. The van der Waals surface area contributed by atoms with E-state index in [2.05, 4.69) is 34.3 Å². The number of rotatable bonds is 7. The van der Waals surface area contributed by atoms with E-state index in [9.17, 15) is 14.0 Å². The number of hydrogen-bond acceptors (Lipinski definition) is 4. The van der Waals surface area contributed by atoms with Crippen LogP contribution in [0.1, 0.15) is 13.8 Å². The lowest BCUT2D eigenvalue weighted by Crippen LogP contribution is -2.51. The lowest BCUT2D eigenvalue weighted by atomic mass is 10.2. The minimum atomic E-state index is -0.327. The first-order chi connectivity index (χ1) is 11.9. The van der Waals surface area contributed by atoms with Gasteiger partial charge in [0.15, 0.2) is 0 Å². The number of anilines is 1. The van der Waals surface area contributed by atoms with E-state index < -0.39 is 0 Å². The minimum Gasteiger partial charge on any atom is -0.355 e. The first kappa shape index (κ1) is 19.3. The van der Waals surface area contributed by atoms with Gasteiger partial charge in [0, 0.05) is 38.4 Å². The Morgan fingerprint density at radius 2 is 1.52 bits per heavy atom. The van der Waals surface area contributed by atoms with Crippen molar-refractivity contribution in [2.45, 2.75) is 13.8 Å². The molecule has 2 rings (SSSR count). The van der Waals surface area contributed by atoms with Crippen molar-refractivity contribution >= 4 is 17.5 Å². The molecule has 0 radical (unpaired) electrons. The van der Waals surface area contributed by atoms with Gasteiger partial charge in [-0.05, 0) is 30.2 Å². The van der Waals surface area contributed by atoms with E-state index in [1.165, 1.54) is 12.1 Å². The van der Waals surface area contributed by atoms with E-state index in [4.69, 9.17) is 0 Å². The fourth-order valence-corrected chi connectivity index (χ4v) is 2.62. The summed E-state index contributed by atoms with van der Waals surface area (Å²) in [4.78, 5) is 28.1. The Morgan fingerprint density at radius 1 is 1.00 bits per heavy atom. The monoisotopic (exact) mass is 350 g/mol. The number of nitrogens with one attached hydrogen (secondary N) is 2. The molecule has 2 amide bonds. The molecule has 138 valence electrons. The van der Waals surface area contributed by atoms with Gasteiger partial charge in [0.25, 0.3) is 0 Å². The van der Waals surface area contributed by atoms with Crippen LogP contribution in [0.25, 0.3) is 0 Å². The molecule has 0 bridgehead atoms. The molecule has 0 atom stereocenters. The quantitative estimate of drug-likeness (QED) is 0.774. The van der Waals surface area contributed by atoms with Crippen LogP contribution >= 0.6 is 0 Å². The highest BCUT2D eigenvalue weighted by Crippen LogP contribution is 2.08. The maximum atomic E-state index is 12.9. The van der Waals surface area contributed by atoms with Gasteiger partial charge in [0.05, 0.1) is 13.1 Å². The van der Waals surface area contributed by atoms with Crippen LogP contribution in [-0.2, 0) is 9.59 Å². The van der Waals surface area contributed by atoms with E-state index in [0.717, 1.165) is 26.2 Å². The van der Waals surface area contributed by atoms with Crippen LogP contribution in [-0.4, -0.2) is 67.4 Å². The Bertz CT molecular complexity index is 569. The van der Waals surface area contributed by atoms with Gasteiger partial charge < -0.3 is 10.6 Å². The van der Waals surface area contributed by atoms with Crippen LogP contribution in [0.2, 0.25) is 0 Å². The minimum absolute atomic E-state index is 0.0520. The normalized spacial score (nSPS) is 16.0. The number of piperazine rings is 1. The van der Waals surface area contributed by atoms with Crippen LogP contribution in [0.4, 0.5) is 10.1 Å². The molecule has 2 N–H and O–H groups in total. The van der Waals surface area contributed by atoms with E-state index in [1.807, 2.05) is 0 Å². The second-order valence-electron chi connectivity index (χ2n) is 6.81. The number of amides is 2. The zero-order valence-electron chi connectivity index (χ0n) is 14.9. The number of benzene rings is 1. The Hall–Kier alpha value is -1.99. The van der Waals surface area contributed by atoms with Crippen LogP contribution in [0.15, 0.2) is 24.3 Å². The average molecular weight is 350 g/mol. The molecule has 1 aromatic carbocycles. The first-order valence-electron chi connectivity index (χ1n) is 8.69. The van der Waals surface area contributed by atoms with Crippen LogP contribution in [0.3, 0.4) is 0 Å². The summed E-state index contributed by atoms with van der Waals surface area (Å²) in [6.07, 6.45) is 0. The molecule has 1 fully saturated rings. The van der Waals surface area contributed by atoms with Crippen molar-refractivity contribution in [3.8, 4) is 0 Å². The number of carbonyl (C=O) groups is 2. The van der Waals surface area contributed by atoms with Gasteiger partial charge in [0.2, 0.25) is 11.8 Å². The first-order valence-corrected chi connectivity index (χ1v) is 8.69. The summed E-state index contributed by atoms with van der Waals surface area (Å²) in [5.41, 5.74) is 0.590. The van der Waals surface area contributed by atoms with Gasteiger partial charge in [0.1, 0.15) is 5.82 Å². The standard InChI is InChI=1S/C18H27FN4O2/c1-14(2)11-20-17(24)12-22-7-9-23(10-8-22)13-18(25)21-16-5-3-15(19)4-6-16/h3-6,14H,7-13H2,1-2H3,(H,20,24)(H,21,25). The summed E-state index contributed by atoms with van der Waals surface area (Å²) >= 11 is 0. The average Bonchev–Trinajstić information content (AvgIpc) is 2.57. The second kappa shape index (κ2) is 9.48. The topological polar surface area (TPSA) is 64.7 Å². The maximum Gasteiger partial charge on any atom is 0.238 e. The molecule has 1 aliphatic rings. The number of hydrogen-bond donors (Lipinski definition) is 2. The van der Waals surface area contributed by atoms with Gasteiger partial charge in [-0.2, -0.15) is 0 Å². The van der Waals surface area contributed by atoms with E-state index in [0.29, 0.717) is 31.2 Å². The highest BCUT2D eigenvalue weighted by Gasteiger charge is 2.20. The van der Waals surface area contributed by atoms with Crippen molar-refractivity contribution < 1.29 is 14.0 Å².